The van der Waals surface area contributed by atoms with Crippen molar-refractivity contribution >= 4 is 17.4 Å². The van der Waals surface area contributed by atoms with Crippen molar-refractivity contribution in [3.63, 3.8) is 0 Å². The Morgan fingerprint density at radius 3 is 3.12 bits per heavy atom. The summed E-state index contributed by atoms with van der Waals surface area (Å²) in [6.45, 7) is 4.87. The summed E-state index contributed by atoms with van der Waals surface area (Å²) in [6, 6.07) is 2.05. The molecule has 4 nitrogen and oxygen atoms in total. The number of fused-ring (bicyclic) bond motifs is 3. The zero-order valence-corrected chi connectivity index (χ0v) is 9.90. The second-order valence-corrected chi connectivity index (χ2v) is 5.02. The highest BCUT2D eigenvalue weighted by atomic mass is 35.5. The quantitative estimate of drug-likeness (QED) is 0.506. The normalized spacial score (nSPS) is 30.7. The highest BCUT2D eigenvalue weighted by Gasteiger charge is 2.44. The van der Waals surface area contributed by atoms with Crippen LogP contribution in [0.1, 0.15) is 13.8 Å². The van der Waals surface area contributed by atoms with Crippen LogP contribution in [0.5, 0.6) is 0 Å². The highest BCUT2D eigenvalue weighted by Crippen LogP contribution is 2.39. The summed E-state index contributed by atoms with van der Waals surface area (Å²) in [5.74, 6) is 0.866. The van der Waals surface area contributed by atoms with Gasteiger partial charge in [0.15, 0.2) is 0 Å². The lowest BCUT2D eigenvalue weighted by Gasteiger charge is -2.31. The largest absolute Gasteiger partial charge is 0.350 e. The van der Waals surface area contributed by atoms with Crippen LogP contribution in [0.2, 0.25) is 5.15 Å². The molecular weight excluding hydrogens is 226 g/mol. The van der Waals surface area contributed by atoms with Crippen LogP contribution in [-0.2, 0) is 6.54 Å². The molecule has 0 bridgehead atoms. The van der Waals surface area contributed by atoms with Crippen molar-refractivity contribution < 1.29 is 0 Å². The molecule has 0 saturated heterocycles. The van der Waals surface area contributed by atoms with Crippen molar-refractivity contribution in [2.75, 3.05) is 4.90 Å². The first kappa shape index (κ1) is 9.90. The Labute approximate surface area is 98.2 Å². The summed E-state index contributed by atoms with van der Waals surface area (Å²) in [5, 5.41) is 0.264. The van der Waals surface area contributed by atoms with E-state index in [9.17, 15) is 4.79 Å². The van der Waals surface area contributed by atoms with E-state index in [1.54, 1.807) is 10.6 Å². The third kappa shape index (κ3) is 1.11. The number of halogens is 1. The molecule has 3 heterocycles. The van der Waals surface area contributed by atoms with Gasteiger partial charge in [0.1, 0.15) is 11.0 Å². The summed E-state index contributed by atoms with van der Waals surface area (Å²) in [5.41, 5.74) is -0.378. The first-order chi connectivity index (χ1) is 7.51. The minimum atomic E-state index is -0.265. The third-order valence-electron chi connectivity index (χ3n) is 3.37. The van der Waals surface area contributed by atoms with Gasteiger partial charge in [-0.15, -0.1) is 0 Å². The standard InChI is InChI=1S/C11H12ClN3O/c1-7-3-4-11(2)6-14-9(15(7)11)5-8(12)13-10(14)16/h3-5,7H,6H2,1-2H3. The predicted octanol–water partition coefficient (Wildman–Crippen LogP) is 1.43. The van der Waals surface area contributed by atoms with E-state index in [0.717, 1.165) is 5.82 Å². The van der Waals surface area contributed by atoms with Crippen LogP contribution in [0, 0.1) is 0 Å². The Morgan fingerprint density at radius 2 is 2.38 bits per heavy atom. The minimum Gasteiger partial charge on any atom is -0.341 e. The van der Waals surface area contributed by atoms with Crippen molar-refractivity contribution in [2.45, 2.75) is 32.0 Å². The number of aromatic nitrogens is 2. The Morgan fingerprint density at radius 1 is 1.62 bits per heavy atom. The van der Waals surface area contributed by atoms with Crippen LogP contribution in [0.15, 0.2) is 23.0 Å². The molecule has 0 N–H and O–H groups in total. The van der Waals surface area contributed by atoms with Crippen LogP contribution in [0.25, 0.3) is 0 Å². The molecule has 0 fully saturated rings. The zero-order valence-electron chi connectivity index (χ0n) is 9.14. The monoisotopic (exact) mass is 237 g/mol. The molecule has 0 radical (unpaired) electrons. The van der Waals surface area contributed by atoms with Crippen molar-refractivity contribution in [2.24, 2.45) is 0 Å². The van der Waals surface area contributed by atoms with E-state index in [4.69, 9.17) is 11.6 Å². The summed E-state index contributed by atoms with van der Waals surface area (Å²) in [6.07, 6.45) is 4.31. The predicted molar refractivity (Wildman–Crippen MR) is 63.0 cm³/mol. The molecular formula is C11H12ClN3O. The van der Waals surface area contributed by atoms with Gasteiger partial charge in [-0.25, -0.2) is 4.79 Å². The van der Waals surface area contributed by atoms with Gasteiger partial charge in [0.05, 0.1) is 12.1 Å². The van der Waals surface area contributed by atoms with E-state index in [0.29, 0.717) is 6.54 Å². The van der Waals surface area contributed by atoms with Crippen LogP contribution < -0.4 is 10.6 Å². The van der Waals surface area contributed by atoms with Crippen molar-refractivity contribution in [1.29, 1.82) is 0 Å². The molecule has 2 aliphatic heterocycles. The molecule has 2 atom stereocenters. The maximum absolute atomic E-state index is 11.7. The fourth-order valence-electron chi connectivity index (χ4n) is 2.71. The first-order valence-corrected chi connectivity index (χ1v) is 5.65. The van der Waals surface area contributed by atoms with E-state index in [1.807, 2.05) is 0 Å². The van der Waals surface area contributed by atoms with E-state index >= 15 is 0 Å². The fourth-order valence-corrected chi connectivity index (χ4v) is 2.88. The summed E-state index contributed by atoms with van der Waals surface area (Å²) < 4.78 is 1.69. The molecule has 0 aliphatic carbocycles. The number of nitrogens with zero attached hydrogens (tertiary/aromatic N) is 3. The Kier molecular flexibility index (Phi) is 1.79. The Balaban J connectivity index is 2.24. The highest BCUT2D eigenvalue weighted by molar-refractivity contribution is 6.29. The first-order valence-electron chi connectivity index (χ1n) is 5.27. The molecule has 2 unspecified atom stereocenters. The smallest absolute Gasteiger partial charge is 0.341 e. The SMILES string of the molecule is CC1C=CC2(C)Cn3c(cc(Cl)nc3=O)N12. The van der Waals surface area contributed by atoms with Gasteiger partial charge in [-0.3, -0.25) is 4.57 Å². The van der Waals surface area contributed by atoms with E-state index in [2.05, 4.69) is 35.9 Å². The zero-order chi connectivity index (χ0) is 11.5. The van der Waals surface area contributed by atoms with Gasteiger partial charge < -0.3 is 4.90 Å². The topological polar surface area (TPSA) is 38.1 Å². The van der Waals surface area contributed by atoms with Crippen molar-refractivity contribution in [1.82, 2.24) is 9.55 Å². The van der Waals surface area contributed by atoms with Gasteiger partial charge in [-0.2, -0.15) is 4.98 Å². The molecule has 0 saturated carbocycles. The summed E-state index contributed by atoms with van der Waals surface area (Å²) >= 11 is 5.84. The molecule has 3 rings (SSSR count). The van der Waals surface area contributed by atoms with Gasteiger partial charge in [-0.05, 0) is 13.8 Å². The molecule has 1 aromatic heterocycles. The van der Waals surface area contributed by atoms with Gasteiger partial charge in [0.2, 0.25) is 0 Å². The van der Waals surface area contributed by atoms with E-state index in [1.165, 1.54) is 0 Å². The molecule has 84 valence electrons. The Bertz CT molecular complexity index is 551. The fraction of sp³-hybridized carbons (Fsp3) is 0.455. The molecule has 0 amide bonds. The van der Waals surface area contributed by atoms with Gasteiger partial charge in [0.25, 0.3) is 0 Å². The number of hydrogen-bond acceptors (Lipinski definition) is 3. The lowest BCUT2D eigenvalue weighted by atomic mass is 10.0. The number of rotatable bonds is 0. The summed E-state index contributed by atoms with van der Waals surface area (Å²) in [7, 11) is 0. The average Bonchev–Trinajstić information content (AvgIpc) is 2.63. The third-order valence-corrected chi connectivity index (χ3v) is 3.57. The van der Waals surface area contributed by atoms with Gasteiger partial charge >= 0.3 is 5.69 Å². The molecule has 1 aromatic rings. The maximum Gasteiger partial charge on any atom is 0.350 e. The summed E-state index contributed by atoms with van der Waals surface area (Å²) in [4.78, 5) is 17.7. The van der Waals surface area contributed by atoms with E-state index in [-0.39, 0.29) is 22.4 Å². The minimum absolute atomic E-state index is 0.113. The Hall–Kier alpha value is -1.29. The van der Waals surface area contributed by atoms with Crippen molar-refractivity contribution in [3.05, 3.63) is 33.9 Å². The second-order valence-electron chi connectivity index (χ2n) is 4.63. The molecule has 5 heteroatoms. The lowest BCUT2D eigenvalue weighted by Crippen LogP contribution is -2.42. The number of anilines is 1. The molecule has 0 spiro atoms. The molecule has 16 heavy (non-hydrogen) atoms. The molecule has 0 aromatic carbocycles. The maximum atomic E-state index is 11.7. The molecule has 2 aliphatic rings. The second kappa shape index (κ2) is 2.88. The van der Waals surface area contributed by atoms with Crippen molar-refractivity contribution in [3.8, 4) is 0 Å². The van der Waals surface area contributed by atoms with Crippen LogP contribution in [0.3, 0.4) is 0 Å². The average molecular weight is 238 g/mol. The van der Waals surface area contributed by atoms with Crippen LogP contribution >= 0.6 is 11.6 Å². The lowest BCUT2D eigenvalue weighted by molar-refractivity contribution is 0.508. The van der Waals surface area contributed by atoms with E-state index < -0.39 is 0 Å². The van der Waals surface area contributed by atoms with Gasteiger partial charge in [-0.1, -0.05) is 23.8 Å². The number of hydrogen-bond donors (Lipinski definition) is 0. The van der Waals surface area contributed by atoms with Gasteiger partial charge in [0, 0.05) is 12.1 Å². The van der Waals surface area contributed by atoms with Crippen LogP contribution in [0.4, 0.5) is 5.82 Å². The van der Waals surface area contributed by atoms with Crippen LogP contribution in [-0.4, -0.2) is 21.1 Å².